The number of hydrogen-bond donors (Lipinski definition) is 0. The molecule has 0 N–H and O–H groups in total. The van der Waals surface area contributed by atoms with Gasteiger partial charge in [-0.25, -0.2) is 4.67 Å². The minimum Gasteiger partial charge on any atom is -0.245 e. The summed E-state index contributed by atoms with van der Waals surface area (Å²) >= 11 is 13.4. The van der Waals surface area contributed by atoms with Gasteiger partial charge in [-0.15, -0.1) is 0 Å². The molecule has 138 valence electrons. The maximum atomic E-state index is 6.70. The Hall–Kier alpha value is 0.970. The lowest BCUT2D eigenvalue weighted by Crippen LogP contribution is -2.50. The Morgan fingerprint density at radius 1 is 0.826 bits per heavy atom. The van der Waals surface area contributed by atoms with E-state index < -0.39 is 12.5 Å². The summed E-state index contributed by atoms with van der Waals surface area (Å²) < 4.78 is 1.59. The largest absolute Gasteiger partial charge is 0.245 e. The highest BCUT2D eigenvalue weighted by Crippen LogP contribution is 2.67. The van der Waals surface area contributed by atoms with E-state index in [9.17, 15) is 0 Å². The zero-order valence-corrected chi connectivity index (χ0v) is 19.3. The first-order valence-corrected chi connectivity index (χ1v) is 11.0. The van der Waals surface area contributed by atoms with E-state index >= 15 is 0 Å². The van der Waals surface area contributed by atoms with Crippen molar-refractivity contribution in [3.05, 3.63) is 0 Å². The van der Waals surface area contributed by atoms with E-state index in [-0.39, 0.29) is 10.7 Å². The second kappa shape index (κ2) is 6.94. The van der Waals surface area contributed by atoms with E-state index in [1.165, 1.54) is 19.3 Å². The Balaban J connectivity index is 3.21. The summed E-state index contributed by atoms with van der Waals surface area (Å²) in [6.45, 7) is 22.9. The fraction of sp³-hybridized carbons (Fsp3) is 1.00. The van der Waals surface area contributed by atoms with Crippen LogP contribution in [0.5, 0.6) is 0 Å². The predicted octanol–water partition coefficient (Wildman–Crippen LogP) is 7.65. The molecule has 0 radical (unpaired) electrons. The quantitative estimate of drug-likeness (QED) is 0.275. The van der Waals surface area contributed by atoms with Gasteiger partial charge in [-0.1, -0.05) is 64.7 Å². The molecule has 0 spiro atoms. The normalized spacial score (nSPS) is 26.0. The summed E-state index contributed by atoms with van der Waals surface area (Å²) in [7, 11) is -0.447. The van der Waals surface area contributed by atoms with Crippen LogP contribution < -0.4 is 0 Å². The summed E-state index contributed by atoms with van der Waals surface area (Å²) in [5, 5.41) is 0.199. The molecule has 3 atom stereocenters. The number of rotatable bonds is 3. The molecule has 1 aliphatic carbocycles. The molecule has 1 saturated carbocycles. The summed E-state index contributed by atoms with van der Waals surface area (Å²) in [5.41, 5.74) is 1.06. The molecule has 1 rings (SSSR count). The van der Waals surface area contributed by atoms with Crippen molar-refractivity contribution in [3.63, 3.8) is 0 Å². The van der Waals surface area contributed by atoms with E-state index in [1.54, 1.807) is 0 Å². The van der Waals surface area contributed by atoms with Gasteiger partial charge in [-0.3, -0.25) is 0 Å². The van der Waals surface area contributed by atoms with Gasteiger partial charge in [-0.2, -0.15) is 0 Å². The van der Waals surface area contributed by atoms with Crippen LogP contribution in [0.1, 0.15) is 88.5 Å². The number of hydrogen-bond acceptors (Lipinski definition) is 1. The van der Waals surface area contributed by atoms with Crippen molar-refractivity contribution in [2.45, 2.75) is 109 Å². The minimum atomic E-state index is -0.836. The van der Waals surface area contributed by atoms with Crippen molar-refractivity contribution in [1.82, 2.24) is 4.67 Å². The lowest BCUT2D eigenvalue weighted by Gasteiger charge is -2.54. The van der Waals surface area contributed by atoms with Crippen LogP contribution >= 0.6 is 31.3 Å². The second-order valence-corrected chi connectivity index (χ2v) is 15.2. The van der Waals surface area contributed by atoms with E-state index in [0.29, 0.717) is 11.1 Å². The van der Waals surface area contributed by atoms with Gasteiger partial charge in [0.25, 0.3) is 0 Å². The third-order valence-corrected chi connectivity index (χ3v) is 9.43. The van der Waals surface area contributed by atoms with Crippen molar-refractivity contribution in [2.75, 3.05) is 0 Å². The summed E-state index contributed by atoms with van der Waals surface area (Å²) in [4.78, 5) is 0. The van der Waals surface area contributed by atoms with Crippen LogP contribution in [-0.4, -0.2) is 25.5 Å². The first-order valence-electron chi connectivity index (χ1n) is 8.93. The highest BCUT2D eigenvalue weighted by Gasteiger charge is 2.50. The minimum absolute atomic E-state index is 0.0446. The van der Waals surface area contributed by atoms with Crippen LogP contribution in [0.4, 0.5) is 0 Å². The van der Waals surface area contributed by atoms with E-state index in [0.717, 1.165) is 5.92 Å². The molecule has 0 amide bonds. The molecule has 1 aliphatic rings. The molecule has 0 heterocycles. The summed E-state index contributed by atoms with van der Waals surface area (Å²) in [5.74, 6) is 0.804. The van der Waals surface area contributed by atoms with E-state index in [2.05, 4.69) is 67.0 Å². The Labute approximate surface area is 156 Å². The molecule has 0 aromatic rings. The SMILES string of the molecule is CC(C)(C)C1CCC(P(N(C(C)(C)C)C(C)(Cl)Cl)C(C)(C)C)C1. The van der Waals surface area contributed by atoms with Crippen LogP contribution in [0.25, 0.3) is 0 Å². The van der Waals surface area contributed by atoms with Crippen molar-refractivity contribution in [1.29, 1.82) is 0 Å². The molecule has 0 aromatic carbocycles. The van der Waals surface area contributed by atoms with Gasteiger partial charge in [-0.05, 0) is 77.2 Å². The average molecular weight is 382 g/mol. The lowest BCUT2D eigenvalue weighted by molar-refractivity contribution is 0.223. The molecule has 23 heavy (non-hydrogen) atoms. The Bertz CT molecular complexity index is 382. The van der Waals surface area contributed by atoms with Crippen LogP contribution in [0.3, 0.4) is 0 Å². The molecule has 0 aromatic heterocycles. The summed E-state index contributed by atoms with van der Waals surface area (Å²) in [6.07, 6.45) is 3.95. The van der Waals surface area contributed by atoms with Gasteiger partial charge in [0.15, 0.2) is 4.46 Å². The van der Waals surface area contributed by atoms with Crippen molar-refractivity contribution in [2.24, 2.45) is 11.3 Å². The van der Waals surface area contributed by atoms with Crippen molar-refractivity contribution in [3.8, 4) is 0 Å². The van der Waals surface area contributed by atoms with Gasteiger partial charge < -0.3 is 0 Å². The van der Waals surface area contributed by atoms with Gasteiger partial charge >= 0.3 is 0 Å². The fourth-order valence-electron chi connectivity index (χ4n) is 4.08. The summed E-state index contributed by atoms with van der Waals surface area (Å²) in [6, 6.07) is 0. The first kappa shape index (κ1) is 22.0. The maximum absolute atomic E-state index is 6.70. The molecule has 1 nitrogen and oxygen atoms in total. The van der Waals surface area contributed by atoms with Crippen LogP contribution in [0.15, 0.2) is 0 Å². The Morgan fingerprint density at radius 2 is 1.30 bits per heavy atom. The maximum Gasteiger partial charge on any atom is 0.172 e. The smallest absolute Gasteiger partial charge is 0.172 e. The van der Waals surface area contributed by atoms with Crippen molar-refractivity contribution >= 4 is 31.3 Å². The molecule has 0 aliphatic heterocycles. The second-order valence-electron chi connectivity index (χ2n) is 10.4. The van der Waals surface area contributed by atoms with Crippen LogP contribution in [0, 0.1) is 11.3 Å². The zero-order chi connectivity index (χ0) is 18.4. The third kappa shape index (κ3) is 5.73. The Kier molecular flexibility index (Phi) is 6.64. The van der Waals surface area contributed by atoms with Gasteiger partial charge in [0.1, 0.15) is 0 Å². The molecular formula is C19H38Cl2NP. The van der Waals surface area contributed by atoms with Gasteiger partial charge in [0.2, 0.25) is 0 Å². The zero-order valence-electron chi connectivity index (χ0n) is 16.9. The van der Waals surface area contributed by atoms with Gasteiger partial charge in [0.05, 0.1) is 0 Å². The topological polar surface area (TPSA) is 3.24 Å². The molecule has 1 fully saturated rings. The third-order valence-electron chi connectivity index (χ3n) is 4.89. The molecule has 4 heteroatoms. The monoisotopic (exact) mass is 381 g/mol. The standard InChI is InChI=1S/C19H38Cl2NP/c1-16(2,3)14-11-12-15(13-14)23(18(7,8)9)22(17(4,5)6)19(10,20)21/h14-15H,11-13H2,1-10H3. The Morgan fingerprint density at radius 3 is 1.57 bits per heavy atom. The number of halogens is 2. The van der Waals surface area contributed by atoms with E-state index in [1.807, 2.05) is 6.92 Å². The van der Waals surface area contributed by atoms with Crippen LogP contribution in [-0.2, 0) is 0 Å². The predicted molar refractivity (Wildman–Crippen MR) is 109 cm³/mol. The first-order chi connectivity index (χ1) is 9.95. The fourth-order valence-corrected chi connectivity index (χ4v) is 8.97. The molecule has 0 saturated heterocycles. The van der Waals surface area contributed by atoms with Crippen molar-refractivity contribution < 1.29 is 0 Å². The highest BCUT2D eigenvalue weighted by atomic mass is 35.5. The number of nitrogens with zero attached hydrogens (tertiary/aromatic N) is 1. The molecule has 3 unspecified atom stereocenters. The van der Waals surface area contributed by atoms with Crippen LogP contribution in [0.2, 0.25) is 0 Å². The molecule has 0 bridgehead atoms. The molecular weight excluding hydrogens is 344 g/mol. The average Bonchev–Trinajstić information content (AvgIpc) is 2.68. The lowest BCUT2D eigenvalue weighted by atomic mass is 9.80. The van der Waals surface area contributed by atoms with E-state index in [4.69, 9.17) is 23.2 Å². The van der Waals surface area contributed by atoms with Gasteiger partial charge in [0, 0.05) is 5.54 Å². The highest BCUT2D eigenvalue weighted by molar-refractivity contribution is 7.57. The number of alkyl halides is 2.